The fourth-order valence-corrected chi connectivity index (χ4v) is 3.98. The molecule has 18 heavy (non-hydrogen) atoms. The first-order chi connectivity index (χ1) is 8.40. The van der Waals surface area contributed by atoms with Crippen molar-refractivity contribution >= 4 is 43.6 Å². The van der Waals surface area contributed by atoms with Crippen molar-refractivity contribution in [1.82, 2.24) is 4.98 Å². The van der Waals surface area contributed by atoms with Crippen molar-refractivity contribution in [3.05, 3.63) is 39.7 Å². The molecule has 0 amide bonds. The van der Waals surface area contributed by atoms with Crippen LogP contribution in [0.5, 0.6) is 0 Å². The zero-order chi connectivity index (χ0) is 13.3. The summed E-state index contributed by atoms with van der Waals surface area (Å²) in [7, 11) is -3.85. The smallest absolute Gasteiger partial charge is 0.309 e. The van der Waals surface area contributed by atoms with Crippen molar-refractivity contribution in [3.63, 3.8) is 0 Å². The van der Waals surface area contributed by atoms with Gasteiger partial charge in [-0.1, -0.05) is 17.7 Å². The Balaban J connectivity index is 2.43. The zero-order valence-corrected chi connectivity index (χ0v) is 12.3. The quantitative estimate of drug-likeness (QED) is 0.921. The van der Waals surface area contributed by atoms with E-state index in [9.17, 15) is 8.42 Å². The first kappa shape index (κ1) is 13.4. The number of sulfonamides is 1. The number of oxazole rings is 1. The van der Waals surface area contributed by atoms with Gasteiger partial charge in [0.05, 0.1) is 10.7 Å². The van der Waals surface area contributed by atoms with Gasteiger partial charge in [0.1, 0.15) is 11.2 Å². The van der Waals surface area contributed by atoms with Gasteiger partial charge < -0.3 is 4.42 Å². The molecule has 1 aromatic heterocycles. The Kier molecular flexibility index (Phi) is 3.65. The highest BCUT2D eigenvalue weighted by atomic mass is 79.9. The zero-order valence-electron chi connectivity index (χ0n) is 9.15. The summed E-state index contributed by atoms with van der Waals surface area (Å²) >= 11 is 9.03. The van der Waals surface area contributed by atoms with E-state index < -0.39 is 10.0 Å². The Bertz CT molecular complexity index is 664. The van der Waals surface area contributed by atoms with Crippen LogP contribution in [0.25, 0.3) is 0 Å². The standard InChI is InChI=1S/C10H8BrClN2O3S/c1-6-5-17-10(13-6)14-18(15,16)9-7(11)3-2-4-8(9)12/h2-5H,1H3,(H,13,14). The molecule has 2 aromatic rings. The molecule has 1 heterocycles. The molecule has 0 bridgehead atoms. The molecule has 1 aromatic carbocycles. The fourth-order valence-electron chi connectivity index (χ4n) is 1.31. The molecule has 0 aliphatic carbocycles. The Morgan fingerprint density at radius 1 is 1.44 bits per heavy atom. The maximum atomic E-state index is 12.1. The lowest BCUT2D eigenvalue weighted by Gasteiger charge is -2.08. The maximum absolute atomic E-state index is 12.1. The van der Waals surface area contributed by atoms with Crippen molar-refractivity contribution in [1.29, 1.82) is 0 Å². The number of hydrogen-bond acceptors (Lipinski definition) is 4. The average molecular weight is 352 g/mol. The number of aryl methyl sites for hydroxylation is 1. The van der Waals surface area contributed by atoms with Gasteiger partial charge in [0.15, 0.2) is 0 Å². The minimum absolute atomic E-state index is 0.0532. The van der Waals surface area contributed by atoms with Gasteiger partial charge in [-0.25, -0.2) is 13.1 Å². The van der Waals surface area contributed by atoms with Crippen LogP contribution in [0.15, 0.2) is 38.2 Å². The predicted molar refractivity (Wildman–Crippen MR) is 71.2 cm³/mol. The van der Waals surface area contributed by atoms with Gasteiger partial charge in [-0.15, -0.1) is 0 Å². The summed E-state index contributed by atoms with van der Waals surface area (Å²) in [5, 5.41) is 0.111. The minimum atomic E-state index is -3.85. The van der Waals surface area contributed by atoms with Crippen molar-refractivity contribution in [2.24, 2.45) is 0 Å². The molecule has 0 aliphatic heterocycles. The van der Waals surface area contributed by atoms with Crippen LogP contribution in [0, 0.1) is 6.92 Å². The maximum Gasteiger partial charge on any atom is 0.309 e. The first-order valence-corrected chi connectivity index (χ1v) is 7.44. The third-order valence-corrected chi connectivity index (χ3v) is 4.80. The number of halogens is 2. The van der Waals surface area contributed by atoms with E-state index in [0.717, 1.165) is 0 Å². The van der Waals surface area contributed by atoms with Crippen LogP contribution >= 0.6 is 27.5 Å². The van der Waals surface area contributed by atoms with Crippen molar-refractivity contribution in [2.45, 2.75) is 11.8 Å². The van der Waals surface area contributed by atoms with Crippen LogP contribution in [0.2, 0.25) is 5.02 Å². The van der Waals surface area contributed by atoms with Crippen molar-refractivity contribution in [2.75, 3.05) is 4.72 Å². The summed E-state index contributed by atoms with van der Waals surface area (Å²) in [6.07, 6.45) is 1.35. The molecule has 5 nitrogen and oxygen atoms in total. The van der Waals surface area contributed by atoms with Gasteiger partial charge in [0.25, 0.3) is 10.0 Å². The number of benzene rings is 1. The summed E-state index contributed by atoms with van der Waals surface area (Å²) in [4.78, 5) is 3.81. The molecule has 1 N–H and O–H groups in total. The highest BCUT2D eigenvalue weighted by molar-refractivity contribution is 9.10. The first-order valence-electron chi connectivity index (χ1n) is 4.79. The average Bonchev–Trinajstić information content (AvgIpc) is 2.62. The van der Waals surface area contributed by atoms with Gasteiger partial charge in [-0.2, -0.15) is 4.98 Å². The molecule has 0 fully saturated rings. The molecular formula is C10H8BrClN2O3S. The summed E-state index contributed by atoms with van der Waals surface area (Å²) < 4.78 is 31.8. The molecule has 2 rings (SSSR count). The Labute approximate surface area is 117 Å². The SMILES string of the molecule is Cc1coc(NS(=O)(=O)c2c(Cl)cccc2Br)n1. The molecule has 96 valence electrons. The van der Waals surface area contributed by atoms with Crippen LogP contribution in [0.3, 0.4) is 0 Å². The van der Waals surface area contributed by atoms with Crippen LogP contribution in [-0.4, -0.2) is 13.4 Å². The molecule has 0 saturated carbocycles. The second-order valence-electron chi connectivity index (χ2n) is 3.45. The van der Waals surface area contributed by atoms with Crippen LogP contribution in [-0.2, 0) is 10.0 Å². The van der Waals surface area contributed by atoms with Crippen molar-refractivity contribution in [3.8, 4) is 0 Å². The predicted octanol–water partition coefficient (Wildman–Crippen LogP) is 3.20. The minimum Gasteiger partial charge on any atom is -0.431 e. The van der Waals surface area contributed by atoms with Crippen LogP contribution in [0.1, 0.15) is 5.69 Å². The van der Waals surface area contributed by atoms with Gasteiger partial charge in [-0.05, 0) is 35.0 Å². The van der Waals surface area contributed by atoms with E-state index in [1.165, 1.54) is 12.3 Å². The number of aromatic nitrogens is 1. The van der Waals surface area contributed by atoms with Gasteiger partial charge >= 0.3 is 6.01 Å². The Morgan fingerprint density at radius 3 is 2.72 bits per heavy atom. The highest BCUT2D eigenvalue weighted by Crippen LogP contribution is 2.30. The second kappa shape index (κ2) is 4.91. The van der Waals surface area contributed by atoms with E-state index in [0.29, 0.717) is 10.2 Å². The number of anilines is 1. The summed E-state index contributed by atoms with van der Waals surface area (Å²) in [6.45, 7) is 1.69. The molecule has 0 radical (unpaired) electrons. The van der Waals surface area contributed by atoms with Gasteiger partial charge in [0, 0.05) is 4.47 Å². The summed E-state index contributed by atoms with van der Waals surface area (Å²) in [6, 6.07) is 4.61. The molecule has 0 spiro atoms. The highest BCUT2D eigenvalue weighted by Gasteiger charge is 2.23. The summed E-state index contributed by atoms with van der Waals surface area (Å²) in [5.74, 6) is 0. The van der Waals surface area contributed by atoms with E-state index in [1.54, 1.807) is 19.1 Å². The lowest BCUT2D eigenvalue weighted by Crippen LogP contribution is -2.14. The number of hydrogen-bond donors (Lipinski definition) is 1. The Morgan fingerprint density at radius 2 is 2.17 bits per heavy atom. The molecular weight excluding hydrogens is 344 g/mol. The third-order valence-electron chi connectivity index (χ3n) is 2.03. The van der Waals surface area contributed by atoms with E-state index in [2.05, 4.69) is 25.6 Å². The van der Waals surface area contributed by atoms with Crippen molar-refractivity contribution < 1.29 is 12.8 Å². The van der Waals surface area contributed by atoms with Crippen LogP contribution in [0.4, 0.5) is 6.01 Å². The lowest BCUT2D eigenvalue weighted by atomic mass is 10.4. The Hall–Kier alpha value is -1.05. The molecule has 8 heteroatoms. The number of rotatable bonds is 3. The molecule has 0 unspecified atom stereocenters. The fraction of sp³-hybridized carbons (Fsp3) is 0.100. The molecule has 0 atom stereocenters. The van der Waals surface area contributed by atoms with E-state index in [1.807, 2.05) is 0 Å². The normalized spacial score (nSPS) is 11.5. The lowest BCUT2D eigenvalue weighted by molar-refractivity contribution is 0.569. The second-order valence-corrected chi connectivity index (χ2v) is 6.33. The van der Waals surface area contributed by atoms with Gasteiger partial charge in [-0.3, -0.25) is 0 Å². The summed E-state index contributed by atoms with van der Waals surface area (Å²) in [5.41, 5.74) is 0.575. The number of nitrogens with zero attached hydrogens (tertiary/aromatic N) is 1. The third kappa shape index (κ3) is 2.68. The van der Waals surface area contributed by atoms with E-state index in [-0.39, 0.29) is 15.9 Å². The monoisotopic (exact) mass is 350 g/mol. The molecule has 0 aliphatic rings. The van der Waals surface area contributed by atoms with E-state index in [4.69, 9.17) is 16.0 Å². The van der Waals surface area contributed by atoms with Gasteiger partial charge in [0.2, 0.25) is 0 Å². The largest absolute Gasteiger partial charge is 0.431 e. The molecule has 0 saturated heterocycles. The number of nitrogens with one attached hydrogen (secondary N) is 1. The topological polar surface area (TPSA) is 72.2 Å². The van der Waals surface area contributed by atoms with Crippen LogP contribution < -0.4 is 4.72 Å². The van der Waals surface area contributed by atoms with E-state index >= 15 is 0 Å².